The minimum Gasteiger partial charge on any atom is -0.309 e. The number of hydrogen-bond donors (Lipinski definition) is 1. The summed E-state index contributed by atoms with van der Waals surface area (Å²) in [7, 11) is 7.00. The van der Waals surface area contributed by atoms with E-state index in [1.54, 1.807) is 0 Å². The topological polar surface area (TPSA) is 46.9 Å². The van der Waals surface area contributed by atoms with Crippen molar-refractivity contribution in [3.63, 3.8) is 0 Å². The second-order valence-corrected chi connectivity index (χ2v) is 5.22. The molecule has 1 aromatic carbocycles. The summed E-state index contributed by atoms with van der Waals surface area (Å²) in [6.45, 7) is 0. The van der Waals surface area contributed by atoms with E-state index in [9.17, 15) is 31.1 Å². The van der Waals surface area contributed by atoms with Crippen molar-refractivity contribution in [3.05, 3.63) is 41.0 Å². The highest BCUT2D eigenvalue weighted by Crippen LogP contribution is 2.36. The maximum atomic E-state index is 12.8. The van der Waals surface area contributed by atoms with Crippen LogP contribution < -0.4 is 10.9 Å². The number of nitrogens with one attached hydrogen (secondary N) is 1. The van der Waals surface area contributed by atoms with E-state index < -0.39 is 41.4 Å². The van der Waals surface area contributed by atoms with Gasteiger partial charge in [0.1, 0.15) is 7.85 Å². The number of carbonyl (C=O) groups is 1. The number of hydrogen-bond acceptors (Lipinski definition) is 2. The van der Waals surface area contributed by atoms with E-state index in [0.717, 1.165) is 0 Å². The highest BCUT2D eigenvalue weighted by molar-refractivity contribution is 6.31. The molecule has 0 aliphatic heterocycles. The lowest BCUT2D eigenvalue weighted by molar-refractivity contribution is -0.143. The molecule has 4 nitrogen and oxygen atoms in total. The van der Waals surface area contributed by atoms with Crippen molar-refractivity contribution in [2.24, 2.45) is 7.05 Å². The summed E-state index contributed by atoms with van der Waals surface area (Å²) in [5, 5.41) is 6.06. The van der Waals surface area contributed by atoms with E-state index in [-0.39, 0.29) is 17.5 Å². The second kappa shape index (κ2) is 6.45. The molecule has 0 aliphatic rings. The minimum atomic E-state index is -4.97. The molecule has 25 heavy (non-hydrogen) atoms. The van der Waals surface area contributed by atoms with E-state index in [2.05, 4.69) is 10.4 Å². The fourth-order valence-electron chi connectivity index (χ4n) is 2.04. The molecule has 1 amide bonds. The van der Waals surface area contributed by atoms with E-state index in [1.807, 2.05) is 0 Å². The molecule has 1 aromatic heterocycles. The molecule has 2 rings (SSSR count). The zero-order valence-electron chi connectivity index (χ0n) is 12.7. The van der Waals surface area contributed by atoms with Gasteiger partial charge in [0.25, 0.3) is 0 Å². The van der Waals surface area contributed by atoms with Crippen LogP contribution in [0.3, 0.4) is 0 Å². The molecule has 2 aromatic rings. The van der Waals surface area contributed by atoms with Gasteiger partial charge >= 0.3 is 12.4 Å². The lowest BCUT2D eigenvalue weighted by Gasteiger charge is -2.14. The van der Waals surface area contributed by atoms with Crippen molar-refractivity contribution in [1.29, 1.82) is 0 Å². The molecule has 0 atom stereocenters. The zero-order chi connectivity index (χ0) is 19.0. The van der Waals surface area contributed by atoms with Gasteiger partial charge in [-0.05, 0) is 35.4 Å². The Morgan fingerprint density at radius 1 is 1.08 bits per heavy atom. The smallest absolute Gasteiger partial charge is 0.309 e. The third-order valence-electron chi connectivity index (χ3n) is 3.20. The van der Waals surface area contributed by atoms with Crippen LogP contribution in [0.25, 0.3) is 0 Å². The summed E-state index contributed by atoms with van der Waals surface area (Å²) in [6, 6.07) is 2.30. The Morgan fingerprint density at radius 2 is 1.60 bits per heavy atom. The van der Waals surface area contributed by atoms with Gasteiger partial charge in [0.15, 0.2) is 5.82 Å². The molecule has 0 unspecified atom stereocenters. The van der Waals surface area contributed by atoms with Crippen LogP contribution in [0.5, 0.6) is 0 Å². The molecule has 0 saturated heterocycles. The highest BCUT2D eigenvalue weighted by Gasteiger charge is 2.37. The number of carbonyl (C=O) groups excluding carboxylic acids is 1. The van der Waals surface area contributed by atoms with E-state index in [4.69, 9.17) is 7.85 Å². The lowest BCUT2D eigenvalue weighted by atomic mass is 10.0. The fraction of sp³-hybridized carbons (Fsp3) is 0.286. The number of halogens is 6. The number of nitrogens with zero attached hydrogens (tertiary/aromatic N) is 2. The Labute approximate surface area is 139 Å². The van der Waals surface area contributed by atoms with E-state index >= 15 is 0 Å². The predicted molar refractivity (Wildman–Crippen MR) is 77.4 cm³/mol. The first kappa shape index (κ1) is 18.9. The molecule has 0 bridgehead atoms. The third-order valence-corrected chi connectivity index (χ3v) is 3.20. The maximum Gasteiger partial charge on any atom is 0.416 e. The van der Waals surface area contributed by atoms with Gasteiger partial charge in [-0.3, -0.25) is 9.48 Å². The van der Waals surface area contributed by atoms with Gasteiger partial charge < -0.3 is 5.32 Å². The minimum absolute atomic E-state index is 0.000848. The molecule has 0 fully saturated rings. The Balaban J connectivity index is 2.27. The molecule has 1 heterocycles. The van der Waals surface area contributed by atoms with Crippen LogP contribution in [0, 0.1) is 0 Å². The molecule has 1 N–H and O–H groups in total. The van der Waals surface area contributed by atoms with Crippen LogP contribution in [0.2, 0.25) is 0 Å². The first-order chi connectivity index (χ1) is 11.4. The van der Waals surface area contributed by atoms with Crippen molar-refractivity contribution in [1.82, 2.24) is 9.78 Å². The van der Waals surface area contributed by atoms with Crippen LogP contribution in [-0.4, -0.2) is 23.5 Å². The van der Waals surface area contributed by atoms with Crippen LogP contribution in [0.1, 0.15) is 16.7 Å². The van der Waals surface area contributed by atoms with Crippen molar-refractivity contribution in [3.8, 4) is 0 Å². The Bertz CT molecular complexity index is 745. The van der Waals surface area contributed by atoms with Crippen LogP contribution in [0.15, 0.2) is 24.3 Å². The first-order valence-electron chi connectivity index (χ1n) is 6.74. The number of aromatic nitrogens is 2. The summed E-state index contributed by atoms with van der Waals surface area (Å²) in [5.41, 5.74) is -3.17. The van der Waals surface area contributed by atoms with Crippen molar-refractivity contribution in [2.45, 2.75) is 18.8 Å². The molecule has 2 radical (unpaired) electrons. The zero-order valence-corrected chi connectivity index (χ0v) is 12.7. The fourth-order valence-corrected chi connectivity index (χ4v) is 2.04. The van der Waals surface area contributed by atoms with Gasteiger partial charge in [-0.25, -0.2) is 0 Å². The molecule has 0 aliphatic carbocycles. The normalized spacial score (nSPS) is 12.3. The van der Waals surface area contributed by atoms with Gasteiger partial charge in [0.05, 0.1) is 17.5 Å². The average molecular weight is 361 g/mol. The first-order valence-corrected chi connectivity index (χ1v) is 6.74. The standard InChI is InChI=1S/C14H10BF6N3O/c1-24-10(15)6-11(23-24)22-12(25)4-7-2-8(13(16,17)18)5-9(3-7)14(19,20)21/h2-3,5-6H,4H2,1H3,(H,22,23,25). The monoisotopic (exact) mass is 361 g/mol. The summed E-state index contributed by atoms with van der Waals surface area (Å²) in [6.07, 6.45) is -10.6. The summed E-state index contributed by atoms with van der Waals surface area (Å²) in [4.78, 5) is 11.9. The van der Waals surface area contributed by atoms with E-state index in [0.29, 0.717) is 12.1 Å². The summed E-state index contributed by atoms with van der Waals surface area (Å²) < 4.78 is 77.9. The van der Waals surface area contributed by atoms with Gasteiger partial charge in [0.2, 0.25) is 5.91 Å². The SMILES string of the molecule is [B]c1cc(NC(=O)Cc2cc(C(F)(F)F)cc(C(F)(F)F)c2)nn1C. The van der Waals surface area contributed by atoms with Crippen LogP contribution in [-0.2, 0) is 30.6 Å². The van der Waals surface area contributed by atoms with Gasteiger partial charge in [-0.2, -0.15) is 31.4 Å². The number of alkyl halides is 6. The van der Waals surface area contributed by atoms with E-state index in [1.165, 1.54) is 17.8 Å². The van der Waals surface area contributed by atoms with Crippen molar-refractivity contribution in [2.75, 3.05) is 5.32 Å². The molecule has 11 heteroatoms. The number of benzene rings is 1. The van der Waals surface area contributed by atoms with Gasteiger partial charge in [0, 0.05) is 7.05 Å². The third kappa shape index (κ3) is 4.77. The van der Waals surface area contributed by atoms with Gasteiger partial charge in [-0.1, -0.05) is 0 Å². The molecule has 132 valence electrons. The molecule has 0 spiro atoms. The molecule has 0 saturated carbocycles. The van der Waals surface area contributed by atoms with Gasteiger partial charge in [-0.15, -0.1) is 0 Å². The number of aryl methyl sites for hydroxylation is 1. The quantitative estimate of drug-likeness (QED) is 0.675. The van der Waals surface area contributed by atoms with Crippen molar-refractivity contribution < 1.29 is 31.1 Å². The van der Waals surface area contributed by atoms with Crippen LogP contribution in [0.4, 0.5) is 32.2 Å². The lowest BCUT2D eigenvalue weighted by Crippen LogP contribution is -2.17. The number of rotatable bonds is 3. The molecular formula is C14H10BF6N3O. The average Bonchev–Trinajstić information content (AvgIpc) is 2.74. The Kier molecular flexibility index (Phi) is 4.87. The summed E-state index contributed by atoms with van der Waals surface area (Å²) >= 11 is 0. The number of anilines is 1. The second-order valence-electron chi connectivity index (χ2n) is 5.22. The largest absolute Gasteiger partial charge is 0.416 e. The maximum absolute atomic E-state index is 12.8. The highest BCUT2D eigenvalue weighted by atomic mass is 19.4. The van der Waals surface area contributed by atoms with Crippen LogP contribution >= 0.6 is 0 Å². The Morgan fingerprint density at radius 3 is 2.00 bits per heavy atom. The Hall–Kier alpha value is -2.46. The molecular weight excluding hydrogens is 351 g/mol. The van der Waals surface area contributed by atoms with Crippen molar-refractivity contribution >= 4 is 25.2 Å². The summed E-state index contributed by atoms with van der Waals surface area (Å²) in [5.74, 6) is -0.793. The predicted octanol–water partition coefficient (Wildman–Crippen LogP) is 2.43. The number of amides is 1.